The van der Waals surface area contributed by atoms with Crippen molar-refractivity contribution in [3.8, 4) is 22.6 Å². The van der Waals surface area contributed by atoms with E-state index in [1.165, 1.54) is 11.6 Å². The molecule has 1 aliphatic rings. The fraction of sp³-hybridized carbons (Fsp3) is 0.345. The molecule has 1 saturated carbocycles. The number of ether oxygens (including phenoxy) is 2. The largest absolute Gasteiger partial charge is 0.497 e. The van der Waals surface area contributed by atoms with E-state index < -0.39 is 5.97 Å². The number of carboxylic acids is 1. The van der Waals surface area contributed by atoms with E-state index in [-0.39, 0.29) is 18.2 Å². The molecule has 34 heavy (non-hydrogen) atoms. The first-order valence-corrected chi connectivity index (χ1v) is 11.9. The first kappa shape index (κ1) is 23.8. The number of carboxylic acid groups (broad SMARTS) is 1. The summed E-state index contributed by atoms with van der Waals surface area (Å²) >= 11 is 0. The van der Waals surface area contributed by atoms with E-state index in [4.69, 9.17) is 9.47 Å². The molecule has 0 heterocycles. The molecule has 5 heteroatoms. The van der Waals surface area contributed by atoms with Crippen LogP contribution >= 0.6 is 0 Å². The molecule has 1 aliphatic carbocycles. The summed E-state index contributed by atoms with van der Waals surface area (Å²) < 4.78 is 26.1. The predicted molar refractivity (Wildman–Crippen MR) is 131 cm³/mol. The number of aliphatic carboxylic acids is 1. The van der Waals surface area contributed by atoms with E-state index in [9.17, 15) is 14.3 Å². The van der Waals surface area contributed by atoms with Gasteiger partial charge in [-0.15, -0.1) is 0 Å². The summed E-state index contributed by atoms with van der Waals surface area (Å²) in [6.07, 6.45) is 4.15. The SMILES string of the molecule is CCC[C@H](CC(=O)O)c1ccc(OCc2ccc(C3CC3)c(-c3cc(OC)ccc3F)c2)cc1. The molecule has 3 aromatic rings. The third-order valence-electron chi connectivity index (χ3n) is 6.41. The maximum Gasteiger partial charge on any atom is 0.303 e. The Kier molecular flexibility index (Phi) is 7.51. The Morgan fingerprint density at radius 2 is 1.76 bits per heavy atom. The lowest BCUT2D eigenvalue weighted by atomic mass is 9.91. The quantitative estimate of drug-likeness (QED) is 0.324. The average molecular weight is 463 g/mol. The van der Waals surface area contributed by atoms with Gasteiger partial charge in [-0.05, 0) is 89.8 Å². The van der Waals surface area contributed by atoms with Crippen LogP contribution in [0.5, 0.6) is 11.5 Å². The molecule has 0 bridgehead atoms. The monoisotopic (exact) mass is 462 g/mol. The summed E-state index contributed by atoms with van der Waals surface area (Å²) in [4.78, 5) is 11.2. The first-order valence-electron chi connectivity index (χ1n) is 11.9. The maximum absolute atomic E-state index is 14.8. The zero-order chi connectivity index (χ0) is 24.1. The van der Waals surface area contributed by atoms with Gasteiger partial charge in [0.1, 0.15) is 23.9 Å². The molecule has 0 amide bonds. The van der Waals surface area contributed by atoms with Gasteiger partial charge in [0.25, 0.3) is 0 Å². The Balaban J connectivity index is 1.52. The second kappa shape index (κ2) is 10.7. The van der Waals surface area contributed by atoms with Crippen molar-refractivity contribution in [1.29, 1.82) is 0 Å². The van der Waals surface area contributed by atoms with E-state index in [1.54, 1.807) is 19.2 Å². The van der Waals surface area contributed by atoms with Gasteiger partial charge in [0.2, 0.25) is 0 Å². The summed E-state index contributed by atoms with van der Waals surface area (Å²) in [7, 11) is 1.58. The fourth-order valence-corrected chi connectivity index (χ4v) is 4.46. The van der Waals surface area contributed by atoms with Gasteiger partial charge < -0.3 is 14.6 Å². The van der Waals surface area contributed by atoms with Crippen molar-refractivity contribution in [2.75, 3.05) is 7.11 Å². The summed E-state index contributed by atoms with van der Waals surface area (Å²) in [5.74, 6) is 0.784. The van der Waals surface area contributed by atoms with Crippen LogP contribution in [0.25, 0.3) is 11.1 Å². The van der Waals surface area contributed by atoms with Gasteiger partial charge in [0, 0.05) is 5.56 Å². The summed E-state index contributed by atoms with van der Waals surface area (Å²) in [5, 5.41) is 9.19. The van der Waals surface area contributed by atoms with Crippen LogP contribution in [0.1, 0.15) is 67.6 Å². The second-order valence-corrected chi connectivity index (χ2v) is 8.98. The molecule has 4 nitrogen and oxygen atoms in total. The van der Waals surface area contributed by atoms with Crippen LogP contribution in [0.15, 0.2) is 60.7 Å². The lowest BCUT2D eigenvalue weighted by Crippen LogP contribution is -2.06. The van der Waals surface area contributed by atoms with Crippen molar-refractivity contribution >= 4 is 5.97 Å². The number of benzene rings is 3. The van der Waals surface area contributed by atoms with Gasteiger partial charge >= 0.3 is 5.97 Å². The van der Waals surface area contributed by atoms with E-state index in [1.807, 2.05) is 36.4 Å². The third-order valence-corrected chi connectivity index (χ3v) is 6.41. The lowest BCUT2D eigenvalue weighted by Gasteiger charge is -2.16. The smallest absolute Gasteiger partial charge is 0.303 e. The highest BCUT2D eigenvalue weighted by Crippen LogP contribution is 2.45. The highest BCUT2D eigenvalue weighted by molar-refractivity contribution is 5.71. The zero-order valence-corrected chi connectivity index (χ0v) is 19.7. The molecule has 0 radical (unpaired) electrons. The van der Waals surface area contributed by atoms with Crippen molar-refractivity contribution in [2.45, 2.75) is 57.5 Å². The number of methoxy groups -OCH3 is 1. The molecule has 1 N–H and O–H groups in total. The summed E-state index contributed by atoms with van der Waals surface area (Å²) in [6, 6.07) is 18.7. The zero-order valence-electron chi connectivity index (χ0n) is 19.7. The van der Waals surface area contributed by atoms with E-state index in [0.717, 1.165) is 48.1 Å². The van der Waals surface area contributed by atoms with Gasteiger partial charge in [-0.3, -0.25) is 4.79 Å². The standard InChI is InChI=1S/C29H31FO4/c1-3-4-22(16-29(31)32)20-8-10-23(11-9-20)34-18-19-5-13-25(21-6-7-21)26(15-19)27-17-24(33-2)12-14-28(27)30/h5,8-15,17,21-22H,3-4,6-7,16,18H2,1-2H3,(H,31,32)/t22-/m1/s1. The molecule has 3 aromatic carbocycles. The summed E-state index contributed by atoms with van der Waals surface area (Å²) in [6.45, 7) is 2.42. The Hall–Kier alpha value is -3.34. The van der Waals surface area contributed by atoms with E-state index >= 15 is 0 Å². The molecule has 178 valence electrons. The lowest BCUT2D eigenvalue weighted by molar-refractivity contribution is -0.137. The number of rotatable bonds is 11. The minimum atomic E-state index is -0.781. The summed E-state index contributed by atoms with van der Waals surface area (Å²) in [5.41, 5.74) is 4.58. The predicted octanol–water partition coefficient (Wildman–Crippen LogP) is 7.32. The van der Waals surface area contributed by atoms with Crippen molar-refractivity contribution in [3.05, 3.63) is 83.2 Å². The van der Waals surface area contributed by atoms with Gasteiger partial charge in [-0.25, -0.2) is 4.39 Å². The van der Waals surface area contributed by atoms with Gasteiger partial charge in [-0.1, -0.05) is 37.6 Å². The van der Waals surface area contributed by atoms with Crippen molar-refractivity contribution in [2.24, 2.45) is 0 Å². The maximum atomic E-state index is 14.8. The first-order chi connectivity index (χ1) is 16.5. The molecule has 0 aromatic heterocycles. The number of hydrogen-bond acceptors (Lipinski definition) is 3. The van der Waals surface area contributed by atoms with Gasteiger partial charge in [-0.2, -0.15) is 0 Å². The van der Waals surface area contributed by atoms with Gasteiger partial charge in [0.15, 0.2) is 0 Å². The Labute approximate surface area is 200 Å². The van der Waals surface area contributed by atoms with Crippen LogP contribution in [0.3, 0.4) is 0 Å². The Bertz CT molecular complexity index is 1140. The molecular formula is C29H31FO4. The van der Waals surface area contributed by atoms with Crippen LogP contribution in [0, 0.1) is 5.82 Å². The van der Waals surface area contributed by atoms with Crippen LogP contribution in [-0.2, 0) is 11.4 Å². The number of hydrogen-bond donors (Lipinski definition) is 1. The normalized spacial score (nSPS) is 14.0. The molecular weight excluding hydrogens is 431 g/mol. The minimum Gasteiger partial charge on any atom is -0.497 e. The average Bonchev–Trinajstić information content (AvgIpc) is 3.68. The molecule has 1 atom stereocenters. The second-order valence-electron chi connectivity index (χ2n) is 8.98. The van der Waals surface area contributed by atoms with Crippen LogP contribution < -0.4 is 9.47 Å². The molecule has 0 spiro atoms. The number of carbonyl (C=O) groups is 1. The minimum absolute atomic E-state index is 0.00633. The van der Waals surface area contributed by atoms with Crippen molar-refractivity contribution in [1.82, 2.24) is 0 Å². The Morgan fingerprint density at radius 1 is 1.03 bits per heavy atom. The highest BCUT2D eigenvalue weighted by atomic mass is 19.1. The fourth-order valence-electron chi connectivity index (χ4n) is 4.46. The van der Waals surface area contributed by atoms with E-state index in [0.29, 0.717) is 23.8 Å². The van der Waals surface area contributed by atoms with Crippen LogP contribution in [0.2, 0.25) is 0 Å². The van der Waals surface area contributed by atoms with Gasteiger partial charge in [0.05, 0.1) is 13.5 Å². The van der Waals surface area contributed by atoms with Crippen LogP contribution in [0.4, 0.5) is 4.39 Å². The number of halogens is 1. The van der Waals surface area contributed by atoms with Crippen molar-refractivity contribution < 1.29 is 23.8 Å². The third kappa shape index (κ3) is 5.77. The molecule has 0 saturated heterocycles. The Morgan fingerprint density at radius 3 is 2.41 bits per heavy atom. The van der Waals surface area contributed by atoms with E-state index in [2.05, 4.69) is 13.0 Å². The molecule has 0 unspecified atom stereocenters. The highest BCUT2D eigenvalue weighted by Gasteiger charge is 2.27. The van der Waals surface area contributed by atoms with Crippen molar-refractivity contribution in [3.63, 3.8) is 0 Å². The molecule has 0 aliphatic heterocycles. The van der Waals surface area contributed by atoms with Crippen LogP contribution in [-0.4, -0.2) is 18.2 Å². The molecule has 1 fully saturated rings. The topological polar surface area (TPSA) is 55.8 Å². The molecule has 4 rings (SSSR count).